The maximum Gasteiger partial charge on any atom is 0.272 e. The molecule has 0 saturated heterocycles. The van der Waals surface area contributed by atoms with Gasteiger partial charge >= 0.3 is 0 Å². The van der Waals surface area contributed by atoms with E-state index in [-0.39, 0.29) is 5.91 Å². The van der Waals surface area contributed by atoms with Gasteiger partial charge in [-0.15, -0.1) is 11.3 Å². The molecule has 33 heavy (non-hydrogen) atoms. The van der Waals surface area contributed by atoms with Gasteiger partial charge in [-0.25, -0.2) is 4.68 Å². The molecule has 2 heterocycles. The van der Waals surface area contributed by atoms with E-state index in [1.54, 1.807) is 23.5 Å². The molecule has 4 aliphatic rings. The number of fused-ring (bicyclic) bond motifs is 5. The quantitative estimate of drug-likeness (QED) is 0.281. The molecule has 0 aliphatic heterocycles. The summed E-state index contributed by atoms with van der Waals surface area (Å²) in [7, 11) is 0. The molecule has 0 radical (unpaired) electrons. The molecule has 1 N–H and O–H groups in total. The van der Waals surface area contributed by atoms with Crippen LogP contribution in [-0.2, 0) is 6.42 Å². The van der Waals surface area contributed by atoms with Crippen LogP contribution in [0.15, 0.2) is 28.1 Å². The van der Waals surface area contributed by atoms with Crippen molar-refractivity contribution in [1.29, 1.82) is 0 Å². The lowest BCUT2D eigenvalue weighted by Gasteiger charge is -2.60. The van der Waals surface area contributed by atoms with Gasteiger partial charge in [-0.1, -0.05) is 37.0 Å². The summed E-state index contributed by atoms with van der Waals surface area (Å²) in [5.74, 6) is 2.02. The highest BCUT2D eigenvalue weighted by molar-refractivity contribution is 9.11. The van der Waals surface area contributed by atoms with E-state index >= 15 is 0 Å². The summed E-state index contributed by atoms with van der Waals surface area (Å²) < 4.78 is 2.88. The van der Waals surface area contributed by atoms with E-state index in [0.29, 0.717) is 39.4 Å². The Hall–Kier alpha value is -1.34. The van der Waals surface area contributed by atoms with E-state index in [1.165, 1.54) is 24.1 Å². The molecule has 3 fully saturated rings. The van der Waals surface area contributed by atoms with Crippen molar-refractivity contribution in [3.63, 3.8) is 0 Å². The van der Waals surface area contributed by atoms with Crippen LogP contribution in [0.5, 0.6) is 0 Å². The minimum atomic E-state index is -0.0939. The molecule has 3 aromatic rings. The van der Waals surface area contributed by atoms with E-state index in [0.717, 1.165) is 38.8 Å². The Morgan fingerprint density at radius 2 is 2.12 bits per heavy atom. The van der Waals surface area contributed by atoms with Crippen LogP contribution >= 0.6 is 50.5 Å². The van der Waals surface area contributed by atoms with Crippen molar-refractivity contribution in [2.24, 2.45) is 23.2 Å². The second-order valence-corrected chi connectivity index (χ2v) is 13.5. The van der Waals surface area contributed by atoms with Gasteiger partial charge < -0.3 is 5.32 Å². The van der Waals surface area contributed by atoms with E-state index in [9.17, 15) is 4.79 Å². The summed E-state index contributed by atoms with van der Waals surface area (Å²) in [5, 5.41) is 9.10. The standard InChI is InChI=1S/C25H24BrCl2N3OS/c1-25(2)13-4-3-12(17(25)7-13)11-29-24(32)22-16-9-20-15(10-21(26)33-20)23(16)31(30-22)19-6-5-14(27)8-18(19)28/h5-6,8,10,12-13,17H,3-4,7,9,11H2,1-2H3,(H,29,32). The van der Waals surface area contributed by atoms with E-state index in [2.05, 4.69) is 41.2 Å². The third kappa shape index (κ3) is 3.43. The second kappa shape index (κ2) is 7.84. The Kier molecular flexibility index (Phi) is 5.26. The number of hydrogen-bond acceptors (Lipinski definition) is 3. The molecule has 4 nitrogen and oxygen atoms in total. The van der Waals surface area contributed by atoms with E-state index in [1.807, 2.05) is 10.7 Å². The van der Waals surface area contributed by atoms with Gasteiger partial charge in [0.2, 0.25) is 0 Å². The van der Waals surface area contributed by atoms with E-state index < -0.39 is 0 Å². The summed E-state index contributed by atoms with van der Waals surface area (Å²) >= 11 is 18.0. The van der Waals surface area contributed by atoms with Crippen LogP contribution in [0.25, 0.3) is 16.9 Å². The topological polar surface area (TPSA) is 46.9 Å². The molecule has 1 amide bonds. The Balaban J connectivity index is 1.33. The molecule has 3 saturated carbocycles. The molecule has 172 valence electrons. The summed E-state index contributed by atoms with van der Waals surface area (Å²) in [6.07, 6.45) is 4.49. The normalized spacial score (nSPS) is 24.2. The average Bonchev–Trinajstić information content (AvgIpc) is 3.41. The maximum absolute atomic E-state index is 13.4. The summed E-state index contributed by atoms with van der Waals surface area (Å²) in [6.45, 7) is 5.50. The first-order valence-corrected chi connectivity index (χ1v) is 13.7. The van der Waals surface area contributed by atoms with Crippen LogP contribution in [0.1, 0.15) is 54.0 Å². The molecular formula is C25H24BrCl2N3OS. The third-order valence-corrected chi connectivity index (χ3v) is 10.4. The average molecular weight is 565 g/mol. The number of carbonyl (C=O) groups excluding carboxylic acids is 1. The fourth-order valence-corrected chi connectivity index (χ4v) is 8.50. The van der Waals surface area contributed by atoms with Crippen LogP contribution in [0.4, 0.5) is 0 Å². The molecule has 7 rings (SSSR count). The lowest BCUT2D eigenvalue weighted by atomic mass is 9.45. The highest BCUT2D eigenvalue weighted by Crippen LogP contribution is 2.61. The van der Waals surface area contributed by atoms with Crippen molar-refractivity contribution in [3.05, 3.63) is 54.2 Å². The van der Waals surface area contributed by atoms with Gasteiger partial charge in [-0.05, 0) is 82.6 Å². The fraction of sp³-hybridized carbons (Fsp3) is 0.440. The van der Waals surface area contributed by atoms with Gasteiger partial charge in [0.25, 0.3) is 5.91 Å². The number of nitrogens with zero attached hydrogens (tertiary/aromatic N) is 2. The van der Waals surface area contributed by atoms with Crippen molar-refractivity contribution in [3.8, 4) is 16.9 Å². The lowest BCUT2D eigenvalue weighted by molar-refractivity contribution is -0.103. The number of thiophene rings is 1. The molecule has 0 spiro atoms. The number of benzene rings is 1. The Labute approximate surface area is 215 Å². The van der Waals surface area contributed by atoms with Gasteiger partial charge in [-0.3, -0.25) is 4.79 Å². The Morgan fingerprint density at radius 3 is 2.85 bits per heavy atom. The van der Waals surface area contributed by atoms with Gasteiger partial charge in [0.15, 0.2) is 5.69 Å². The van der Waals surface area contributed by atoms with Crippen molar-refractivity contribution >= 4 is 56.4 Å². The van der Waals surface area contributed by atoms with Crippen LogP contribution < -0.4 is 5.32 Å². The molecule has 8 heteroatoms. The highest BCUT2D eigenvalue weighted by Gasteiger charge is 2.54. The van der Waals surface area contributed by atoms with Crippen LogP contribution in [0, 0.1) is 23.2 Å². The van der Waals surface area contributed by atoms with Crippen molar-refractivity contribution in [2.45, 2.75) is 39.5 Å². The third-order valence-electron chi connectivity index (χ3n) is 8.23. The number of hydrogen-bond donors (Lipinski definition) is 1. The predicted octanol–water partition coefficient (Wildman–Crippen LogP) is 7.38. The number of aromatic nitrogens is 2. The minimum absolute atomic E-state index is 0.0939. The zero-order valence-corrected chi connectivity index (χ0v) is 22.3. The van der Waals surface area contributed by atoms with Crippen LogP contribution in [0.2, 0.25) is 10.0 Å². The number of amides is 1. The number of halogens is 3. The number of rotatable bonds is 4. The van der Waals surface area contributed by atoms with Crippen molar-refractivity contribution < 1.29 is 4.79 Å². The summed E-state index contributed by atoms with van der Waals surface area (Å²) in [6, 6.07) is 7.47. The van der Waals surface area contributed by atoms with Crippen molar-refractivity contribution in [1.82, 2.24) is 15.1 Å². The molecular weight excluding hydrogens is 541 g/mol. The van der Waals surface area contributed by atoms with Gasteiger partial charge in [0.05, 0.1) is 20.2 Å². The predicted molar refractivity (Wildman–Crippen MR) is 138 cm³/mol. The molecule has 2 aromatic heterocycles. The maximum atomic E-state index is 13.4. The zero-order chi connectivity index (χ0) is 23.1. The van der Waals surface area contributed by atoms with Gasteiger partial charge in [-0.2, -0.15) is 5.10 Å². The molecule has 3 unspecified atom stereocenters. The first-order chi connectivity index (χ1) is 15.7. The minimum Gasteiger partial charge on any atom is -0.350 e. The zero-order valence-electron chi connectivity index (χ0n) is 18.4. The Morgan fingerprint density at radius 1 is 1.30 bits per heavy atom. The van der Waals surface area contributed by atoms with Crippen LogP contribution in [-0.4, -0.2) is 22.2 Å². The van der Waals surface area contributed by atoms with Gasteiger partial charge in [0, 0.05) is 34.0 Å². The Bertz CT molecular complexity index is 1300. The van der Waals surface area contributed by atoms with Crippen LogP contribution in [0.3, 0.4) is 0 Å². The first kappa shape index (κ1) is 22.1. The smallest absolute Gasteiger partial charge is 0.272 e. The molecule has 1 aromatic carbocycles. The van der Waals surface area contributed by atoms with Crippen molar-refractivity contribution in [2.75, 3.05) is 6.54 Å². The summed E-state index contributed by atoms with van der Waals surface area (Å²) in [4.78, 5) is 14.6. The number of carbonyl (C=O) groups is 1. The largest absolute Gasteiger partial charge is 0.350 e. The highest BCUT2D eigenvalue weighted by atomic mass is 79.9. The number of nitrogens with one attached hydrogen (secondary N) is 1. The lowest BCUT2D eigenvalue weighted by Crippen LogP contribution is -2.54. The monoisotopic (exact) mass is 563 g/mol. The van der Waals surface area contributed by atoms with E-state index in [4.69, 9.17) is 28.3 Å². The fourth-order valence-electron chi connectivity index (χ4n) is 6.31. The molecule has 4 aliphatic carbocycles. The molecule has 3 atom stereocenters. The second-order valence-electron chi connectivity index (χ2n) is 10.2. The SMILES string of the molecule is CC1(C)C2CCC(CNC(=O)c3nn(-c4ccc(Cl)cc4Cl)c4c3Cc3sc(Br)cc3-4)C1C2. The van der Waals surface area contributed by atoms with Gasteiger partial charge in [0.1, 0.15) is 0 Å². The molecule has 2 bridgehead atoms. The first-order valence-electron chi connectivity index (χ1n) is 11.4. The summed E-state index contributed by atoms with van der Waals surface area (Å²) in [5.41, 5.74) is 4.65.